The first-order chi connectivity index (χ1) is 17.0. The van der Waals surface area contributed by atoms with E-state index in [1.54, 1.807) is 12.1 Å². The topological polar surface area (TPSA) is 129 Å². The number of nitrogens with one attached hydrogen (secondary N) is 2. The summed E-state index contributed by atoms with van der Waals surface area (Å²) in [6.45, 7) is 6.25. The molecule has 0 fully saturated rings. The van der Waals surface area contributed by atoms with E-state index in [4.69, 9.17) is 4.74 Å². The Kier molecular flexibility index (Phi) is 6.45. The van der Waals surface area contributed by atoms with Crippen molar-refractivity contribution >= 4 is 16.9 Å². The molecule has 4 rings (SSSR count). The number of carbonyl (C=O) groups excluding carboxylic acids is 1. The Hall–Kier alpha value is -3.97. The molecular weight excluding hydrogens is 465 g/mol. The van der Waals surface area contributed by atoms with Crippen LogP contribution in [0.5, 0.6) is 11.5 Å². The number of aromatic hydroxyl groups is 1. The summed E-state index contributed by atoms with van der Waals surface area (Å²) in [7, 11) is 1.38. The Morgan fingerprint density at radius 1 is 1.36 bits per heavy atom. The minimum Gasteiger partial charge on any atom is -0.505 e. The minimum absolute atomic E-state index is 0.0756. The number of nitriles is 1. The molecule has 10 heteroatoms. The second-order valence-electron chi connectivity index (χ2n) is 9.96. The van der Waals surface area contributed by atoms with Gasteiger partial charge in [-0.05, 0) is 38.5 Å². The summed E-state index contributed by atoms with van der Waals surface area (Å²) in [5, 5.41) is 25.8. The highest BCUT2D eigenvalue weighted by Gasteiger charge is 2.38. The van der Waals surface area contributed by atoms with Gasteiger partial charge in [0.05, 0.1) is 18.0 Å². The molecule has 0 saturated heterocycles. The van der Waals surface area contributed by atoms with E-state index in [0.29, 0.717) is 36.3 Å². The van der Waals surface area contributed by atoms with Crippen LogP contribution in [0.1, 0.15) is 42.3 Å². The first-order valence-electron chi connectivity index (χ1n) is 11.5. The number of halogens is 1. The van der Waals surface area contributed by atoms with Gasteiger partial charge in [0.25, 0.3) is 11.5 Å². The highest BCUT2D eigenvalue weighted by molar-refractivity contribution is 6.02. The monoisotopic (exact) mass is 493 g/mol. The molecule has 0 bridgehead atoms. The van der Waals surface area contributed by atoms with Crippen LogP contribution in [-0.2, 0) is 13.0 Å². The van der Waals surface area contributed by atoms with Crippen molar-refractivity contribution in [3.8, 4) is 17.6 Å². The van der Waals surface area contributed by atoms with Gasteiger partial charge in [-0.25, -0.2) is 4.39 Å². The second kappa shape index (κ2) is 9.24. The van der Waals surface area contributed by atoms with E-state index in [2.05, 4.69) is 21.7 Å². The van der Waals surface area contributed by atoms with Crippen LogP contribution < -0.4 is 20.9 Å². The van der Waals surface area contributed by atoms with Crippen molar-refractivity contribution in [3.63, 3.8) is 0 Å². The lowest BCUT2D eigenvalue weighted by atomic mass is 9.95. The summed E-state index contributed by atoms with van der Waals surface area (Å²) < 4.78 is 21.3. The largest absolute Gasteiger partial charge is 0.505 e. The lowest BCUT2D eigenvalue weighted by molar-refractivity contribution is 0.0573. The molecule has 188 valence electrons. The fourth-order valence-electron chi connectivity index (χ4n) is 4.33. The van der Waals surface area contributed by atoms with Gasteiger partial charge in [-0.2, -0.15) is 5.26 Å². The highest BCUT2D eigenvalue weighted by Crippen LogP contribution is 2.40. The molecular formula is C26H28FN5O4. The molecule has 1 aromatic carbocycles. The smallest absolute Gasteiger partial charge is 0.268 e. The number of aromatic nitrogens is 2. The van der Waals surface area contributed by atoms with Crippen LogP contribution in [0.25, 0.3) is 11.0 Å². The van der Waals surface area contributed by atoms with Gasteiger partial charge in [0.1, 0.15) is 28.0 Å². The average molecular weight is 494 g/mol. The van der Waals surface area contributed by atoms with Crippen LogP contribution in [0.2, 0.25) is 0 Å². The van der Waals surface area contributed by atoms with Crippen LogP contribution in [0.3, 0.4) is 0 Å². The molecule has 1 atom stereocenters. The summed E-state index contributed by atoms with van der Waals surface area (Å²) >= 11 is 0. The molecule has 1 amide bonds. The Morgan fingerprint density at radius 2 is 2.06 bits per heavy atom. The number of rotatable bonds is 7. The average Bonchev–Trinajstić information content (AvgIpc) is 2.84. The van der Waals surface area contributed by atoms with Gasteiger partial charge >= 0.3 is 0 Å². The maximum Gasteiger partial charge on any atom is 0.268 e. The van der Waals surface area contributed by atoms with E-state index < -0.39 is 33.8 Å². The minimum atomic E-state index is -0.925. The van der Waals surface area contributed by atoms with Gasteiger partial charge < -0.3 is 20.5 Å². The van der Waals surface area contributed by atoms with Gasteiger partial charge in [0, 0.05) is 38.3 Å². The normalized spacial score (nSPS) is 16.9. The van der Waals surface area contributed by atoms with Gasteiger partial charge in [-0.1, -0.05) is 12.1 Å². The van der Waals surface area contributed by atoms with Crippen LogP contribution in [0, 0.1) is 22.6 Å². The SMILES string of the molecule is CNC(=O)c1c(O)c2ncc(Cc3ccc(F)cc3)c3c2n(c1=O)C[C@](C)(CNCC(C)(C)C#N)O3. The molecule has 1 aliphatic heterocycles. The molecule has 3 heterocycles. The lowest BCUT2D eigenvalue weighted by Crippen LogP contribution is -2.52. The molecule has 3 aromatic rings. The number of carbonyl (C=O) groups is 1. The molecule has 0 unspecified atom stereocenters. The van der Waals surface area contributed by atoms with Crippen molar-refractivity contribution in [2.75, 3.05) is 20.1 Å². The van der Waals surface area contributed by atoms with E-state index in [1.807, 2.05) is 20.8 Å². The quantitative estimate of drug-likeness (QED) is 0.461. The summed E-state index contributed by atoms with van der Waals surface area (Å²) in [4.78, 5) is 30.3. The van der Waals surface area contributed by atoms with Crippen molar-refractivity contribution in [2.24, 2.45) is 5.41 Å². The number of hydrogen-bond donors (Lipinski definition) is 3. The number of ether oxygens (including phenoxy) is 1. The third-order valence-corrected chi connectivity index (χ3v) is 6.24. The Labute approximate surface area is 207 Å². The number of hydrogen-bond acceptors (Lipinski definition) is 7. The molecule has 2 aromatic heterocycles. The Balaban J connectivity index is 1.85. The fourth-order valence-corrected chi connectivity index (χ4v) is 4.33. The van der Waals surface area contributed by atoms with E-state index in [1.165, 1.54) is 29.9 Å². The van der Waals surface area contributed by atoms with E-state index in [9.17, 15) is 24.3 Å². The first kappa shape index (κ1) is 25.1. The standard InChI is InChI=1S/C26H28FN5O4/c1-25(2,11-28)12-30-13-26(3)14-32-20-19(21(33)18(24(32)35)23(34)29-4)31-10-16(22(20)36-26)9-15-5-7-17(27)8-6-15/h5-8,10,30,33H,9,12-14H2,1-4H3,(H,29,34)/t26-/m0/s1. The van der Waals surface area contributed by atoms with Crippen molar-refractivity contribution < 1.29 is 19.0 Å². The summed E-state index contributed by atoms with van der Waals surface area (Å²) in [5.41, 5.74) is -0.769. The Morgan fingerprint density at radius 3 is 2.69 bits per heavy atom. The zero-order valence-corrected chi connectivity index (χ0v) is 20.6. The maximum atomic E-state index is 13.4. The Bertz CT molecular complexity index is 1440. The van der Waals surface area contributed by atoms with Crippen LogP contribution in [0.4, 0.5) is 4.39 Å². The number of benzene rings is 1. The molecule has 1 aliphatic rings. The van der Waals surface area contributed by atoms with Crippen molar-refractivity contribution in [1.82, 2.24) is 20.2 Å². The molecule has 0 radical (unpaired) electrons. The predicted octanol–water partition coefficient (Wildman–Crippen LogP) is 2.48. The van der Waals surface area contributed by atoms with E-state index in [-0.39, 0.29) is 17.9 Å². The third kappa shape index (κ3) is 4.62. The van der Waals surface area contributed by atoms with Crippen molar-refractivity contribution in [2.45, 2.75) is 39.3 Å². The van der Waals surface area contributed by atoms with E-state index >= 15 is 0 Å². The molecule has 3 N–H and O–H groups in total. The molecule has 0 spiro atoms. The molecule has 0 aliphatic carbocycles. The predicted molar refractivity (Wildman–Crippen MR) is 132 cm³/mol. The second-order valence-corrected chi connectivity index (χ2v) is 9.96. The number of nitrogens with zero attached hydrogens (tertiary/aromatic N) is 3. The van der Waals surface area contributed by atoms with Gasteiger partial charge in [-0.3, -0.25) is 19.1 Å². The highest BCUT2D eigenvalue weighted by atomic mass is 19.1. The first-order valence-corrected chi connectivity index (χ1v) is 11.5. The molecule has 0 saturated carbocycles. The zero-order chi connectivity index (χ0) is 26.3. The molecule has 36 heavy (non-hydrogen) atoms. The van der Waals surface area contributed by atoms with Crippen molar-refractivity contribution in [1.29, 1.82) is 5.26 Å². The fraction of sp³-hybridized carbons (Fsp3) is 0.385. The molecule has 9 nitrogen and oxygen atoms in total. The van der Waals surface area contributed by atoms with Crippen molar-refractivity contribution in [3.05, 3.63) is 63.3 Å². The van der Waals surface area contributed by atoms with Gasteiger partial charge in [0.2, 0.25) is 0 Å². The van der Waals surface area contributed by atoms with Crippen LogP contribution in [-0.4, -0.2) is 46.3 Å². The third-order valence-electron chi connectivity index (χ3n) is 6.24. The number of pyridine rings is 2. The zero-order valence-electron chi connectivity index (χ0n) is 20.6. The summed E-state index contributed by atoms with van der Waals surface area (Å²) in [6.07, 6.45) is 1.87. The lowest BCUT2D eigenvalue weighted by Gasteiger charge is -2.38. The van der Waals surface area contributed by atoms with Crippen LogP contribution in [0.15, 0.2) is 35.3 Å². The number of amides is 1. The van der Waals surface area contributed by atoms with Gasteiger partial charge in [-0.15, -0.1) is 0 Å². The van der Waals surface area contributed by atoms with E-state index in [0.717, 1.165) is 5.56 Å². The maximum absolute atomic E-state index is 13.4. The summed E-state index contributed by atoms with van der Waals surface area (Å²) in [6, 6.07) is 8.26. The van der Waals surface area contributed by atoms with Crippen LogP contribution >= 0.6 is 0 Å². The van der Waals surface area contributed by atoms with Gasteiger partial charge in [0.15, 0.2) is 11.5 Å². The summed E-state index contributed by atoms with van der Waals surface area (Å²) in [5.74, 6) is -1.23.